The highest BCUT2D eigenvalue weighted by Crippen LogP contribution is 2.36. The van der Waals surface area contributed by atoms with Crippen molar-refractivity contribution in [2.24, 2.45) is 0 Å². The Morgan fingerprint density at radius 2 is 1.96 bits per heavy atom. The average Bonchev–Trinajstić information content (AvgIpc) is 2.68. The van der Waals surface area contributed by atoms with Gasteiger partial charge in [0.2, 0.25) is 5.82 Å². The van der Waals surface area contributed by atoms with Crippen molar-refractivity contribution in [1.82, 2.24) is 15.3 Å². The number of rotatable bonds is 4. The first-order chi connectivity index (χ1) is 12.6. The zero-order valence-electron chi connectivity index (χ0n) is 14.2. The van der Waals surface area contributed by atoms with Crippen molar-refractivity contribution in [2.75, 3.05) is 0 Å². The maximum atomic E-state index is 12.4. The molecule has 7 heteroatoms. The molecule has 26 heavy (non-hydrogen) atoms. The fourth-order valence-corrected chi connectivity index (χ4v) is 3.50. The molecule has 1 N–H and O–H groups in total. The quantitative estimate of drug-likeness (QED) is 0.809. The van der Waals surface area contributed by atoms with E-state index in [-0.39, 0.29) is 12.4 Å². The Morgan fingerprint density at radius 3 is 2.65 bits per heavy atom. The SMILES string of the molecule is N#Cc1nccc(C2(NC(=O)OCc3ccc(Br)cc3)CCCCC2)n1. The number of halogens is 1. The lowest BCUT2D eigenvalue weighted by Crippen LogP contribution is -2.48. The van der Waals surface area contributed by atoms with Crippen LogP contribution in [0.15, 0.2) is 41.0 Å². The first kappa shape index (κ1) is 18.3. The largest absolute Gasteiger partial charge is 0.445 e. The van der Waals surface area contributed by atoms with Crippen LogP contribution < -0.4 is 5.32 Å². The van der Waals surface area contributed by atoms with Crippen molar-refractivity contribution < 1.29 is 9.53 Å². The maximum Gasteiger partial charge on any atom is 0.408 e. The molecule has 0 saturated heterocycles. The number of hydrogen-bond acceptors (Lipinski definition) is 5. The summed E-state index contributed by atoms with van der Waals surface area (Å²) < 4.78 is 6.38. The van der Waals surface area contributed by atoms with Gasteiger partial charge in [0.05, 0.1) is 11.2 Å². The number of aromatic nitrogens is 2. The summed E-state index contributed by atoms with van der Waals surface area (Å²) in [6, 6.07) is 11.3. The number of nitrogens with zero attached hydrogens (tertiary/aromatic N) is 3. The first-order valence-corrected chi connectivity index (χ1v) is 9.34. The molecule has 0 atom stereocenters. The summed E-state index contributed by atoms with van der Waals surface area (Å²) in [7, 11) is 0. The lowest BCUT2D eigenvalue weighted by atomic mass is 9.79. The molecular formula is C19H19BrN4O2. The number of carbonyl (C=O) groups is 1. The molecule has 0 aliphatic heterocycles. The fourth-order valence-electron chi connectivity index (χ4n) is 3.24. The molecule has 1 aromatic carbocycles. The molecule has 6 nitrogen and oxygen atoms in total. The molecule has 1 heterocycles. The summed E-state index contributed by atoms with van der Waals surface area (Å²) in [5.41, 5.74) is 0.975. The molecule has 0 unspecified atom stereocenters. The second-order valence-corrected chi connectivity index (χ2v) is 7.26. The van der Waals surface area contributed by atoms with Crippen LogP contribution in [-0.2, 0) is 16.9 Å². The predicted molar refractivity (Wildman–Crippen MR) is 99.0 cm³/mol. The Kier molecular flexibility index (Phi) is 5.84. The van der Waals surface area contributed by atoms with E-state index in [1.165, 1.54) is 0 Å². The van der Waals surface area contributed by atoms with Crippen LogP contribution >= 0.6 is 15.9 Å². The standard InChI is InChI=1S/C19H19BrN4O2/c20-15-6-4-14(5-7-15)13-26-18(25)24-19(9-2-1-3-10-19)16-8-11-22-17(12-21)23-16/h4-8,11H,1-3,9-10,13H2,(H,24,25). The van der Waals surface area contributed by atoms with E-state index in [4.69, 9.17) is 10.00 Å². The van der Waals surface area contributed by atoms with E-state index >= 15 is 0 Å². The molecule has 2 aromatic rings. The Bertz CT molecular complexity index is 811. The summed E-state index contributed by atoms with van der Waals surface area (Å²) in [6.07, 6.45) is 5.70. The van der Waals surface area contributed by atoms with Gasteiger partial charge in [-0.1, -0.05) is 47.3 Å². The summed E-state index contributed by atoms with van der Waals surface area (Å²) in [5, 5.41) is 12.1. The van der Waals surface area contributed by atoms with E-state index in [0.717, 1.165) is 42.1 Å². The molecule has 3 rings (SSSR count). The highest BCUT2D eigenvalue weighted by Gasteiger charge is 2.37. The zero-order chi connectivity index (χ0) is 18.4. The third kappa shape index (κ3) is 4.38. The smallest absolute Gasteiger partial charge is 0.408 e. The van der Waals surface area contributed by atoms with Gasteiger partial charge in [-0.05, 0) is 36.6 Å². The van der Waals surface area contributed by atoms with Gasteiger partial charge in [-0.3, -0.25) is 0 Å². The number of amides is 1. The number of ether oxygens (including phenoxy) is 1. The highest BCUT2D eigenvalue weighted by molar-refractivity contribution is 9.10. The minimum atomic E-state index is -0.608. The maximum absolute atomic E-state index is 12.4. The van der Waals surface area contributed by atoms with Crippen LogP contribution in [0.4, 0.5) is 4.79 Å². The van der Waals surface area contributed by atoms with Gasteiger partial charge in [0, 0.05) is 10.7 Å². The van der Waals surface area contributed by atoms with Crippen molar-refractivity contribution >= 4 is 22.0 Å². The third-order valence-electron chi connectivity index (χ3n) is 4.58. The number of alkyl carbamates (subject to hydrolysis) is 1. The molecule has 1 saturated carbocycles. The molecular weight excluding hydrogens is 396 g/mol. The second-order valence-electron chi connectivity index (χ2n) is 6.35. The Hall–Kier alpha value is -2.46. The van der Waals surface area contributed by atoms with Crippen molar-refractivity contribution in [1.29, 1.82) is 5.26 Å². The van der Waals surface area contributed by atoms with E-state index in [1.807, 2.05) is 30.3 Å². The second kappa shape index (κ2) is 8.28. The number of benzene rings is 1. The van der Waals surface area contributed by atoms with Crippen LogP contribution in [0.25, 0.3) is 0 Å². The first-order valence-electron chi connectivity index (χ1n) is 8.54. The van der Waals surface area contributed by atoms with Crippen molar-refractivity contribution in [3.63, 3.8) is 0 Å². The molecule has 134 valence electrons. The monoisotopic (exact) mass is 414 g/mol. The lowest BCUT2D eigenvalue weighted by Gasteiger charge is -2.37. The van der Waals surface area contributed by atoms with Crippen molar-refractivity contribution in [3.8, 4) is 6.07 Å². The molecule has 1 fully saturated rings. The lowest BCUT2D eigenvalue weighted by molar-refractivity contribution is 0.116. The number of hydrogen-bond donors (Lipinski definition) is 1. The van der Waals surface area contributed by atoms with Gasteiger partial charge in [-0.25, -0.2) is 14.8 Å². The van der Waals surface area contributed by atoms with Crippen LogP contribution in [0.2, 0.25) is 0 Å². The third-order valence-corrected chi connectivity index (χ3v) is 5.11. The molecule has 0 spiro atoms. The highest BCUT2D eigenvalue weighted by atomic mass is 79.9. The van der Waals surface area contributed by atoms with Gasteiger partial charge in [0.25, 0.3) is 0 Å². The van der Waals surface area contributed by atoms with Crippen LogP contribution in [0.3, 0.4) is 0 Å². The number of nitrogens with one attached hydrogen (secondary N) is 1. The minimum Gasteiger partial charge on any atom is -0.445 e. The Labute approximate surface area is 160 Å². The molecule has 0 bridgehead atoms. The van der Waals surface area contributed by atoms with Crippen LogP contribution in [-0.4, -0.2) is 16.1 Å². The van der Waals surface area contributed by atoms with Gasteiger partial charge in [0.15, 0.2) is 0 Å². The summed E-state index contributed by atoms with van der Waals surface area (Å²) in [5.74, 6) is 0.109. The van der Waals surface area contributed by atoms with Gasteiger partial charge in [-0.15, -0.1) is 0 Å². The average molecular weight is 415 g/mol. The Balaban J connectivity index is 1.72. The Morgan fingerprint density at radius 1 is 1.23 bits per heavy atom. The molecule has 1 aromatic heterocycles. The topological polar surface area (TPSA) is 87.9 Å². The normalized spacial score (nSPS) is 15.7. The number of carbonyl (C=O) groups excluding carboxylic acids is 1. The summed E-state index contributed by atoms with van der Waals surface area (Å²) in [4.78, 5) is 20.7. The van der Waals surface area contributed by atoms with Crippen LogP contribution in [0, 0.1) is 11.3 Å². The van der Waals surface area contributed by atoms with Gasteiger partial charge in [0.1, 0.15) is 12.7 Å². The van der Waals surface area contributed by atoms with Crippen LogP contribution in [0.1, 0.15) is 49.2 Å². The van der Waals surface area contributed by atoms with Gasteiger partial charge < -0.3 is 10.1 Å². The van der Waals surface area contributed by atoms with Crippen molar-refractivity contribution in [3.05, 3.63) is 58.1 Å². The van der Waals surface area contributed by atoms with Gasteiger partial charge in [-0.2, -0.15) is 5.26 Å². The molecule has 1 aliphatic rings. The molecule has 0 radical (unpaired) electrons. The zero-order valence-corrected chi connectivity index (χ0v) is 15.8. The van der Waals surface area contributed by atoms with Gasteiger partial charge >= 0.3 is 6.09 Å². The minimum absolute atomic E-state index is 0.109. The van der Waals surface area contributed by atoms with E-state index in [2.05, 4.69) is 31.2 Å². The van der Waals surface area contributed by atoms with Crippen molar-refractivity contribution in [2.45, 2.75) is 44.2 Å². The van der Waals surface area contributed by atoms with E-state index in [9.17, 15) is 4.79 Å². The fraction of sp³-hybridized carbons (Fsp3) is 0.368. The van der Waals surface area contributed by atoms with E-state index in [0.29, 0.717) is 5.69 Å². The van der Waals surface area contributed by atoms with E-state index in [1.54, 1.807) is 12.3 Å². The van der Waals surface area contributed by atoms with E-state index < -0.39 is 11.6 Å². The summed E-state index contributed by atoms with van der Waals surface area (Å²) >= 11 is 3.38. The molecule has 1 amide bonds. The molecule has 1 aliphatic carbocycles. The predicted octanol–water partition coefficient (Wildman–Crippen LogP) is 4.20. The number of nitriles is 1. The summed E-state index contributed by atoms with van der Waals surface area (Å²) in [6.45, 7) is 0.197. The van der Waals surface area contributed by atoms with Crippen LogP contribution in [0.5, 0.6) is 0 Å².